The molecule has 0 amide bonds. The van der Waals surface area contributed by atoms with Crippen LogP contribution in [0.5, 0.6) is 0 Å². The average molecular weight is 369 g/mol. The molecule has 2 aromatic heterocycles. The van der Waals surface area contributed by atoms with Crippen molar-refractivity contribution in [3.8, 4) is 0 Å². The highest BCUT2D eigenvalue weighted by atomic mass is 32.1. The van der Waals surface area contributed by atoms with E-state index in [1.54, 1.807) is 12.1 Å². The maximum Gasteiger partial charge on any atom is 0.451 e. The van der Waals surface area contributed by atoms with E-state index in [0.29, 0.717) is 29.6 Å². The summed E-state index contributed by atoms with van der Waals surface area (Å²) in [6.45, 7) is 2.24. The fourth-order valence-electron chi connectivity index (χ4n) is 2.50. The summed E-state index contributed by atoms with van der Waals surface area (Å²) in [6.07, 6.45) is -3.34. The SMILES string of the molecule is Cc1cc2c(NCCCc3cccc(F)c3)nc(C(F)(F)F)nc2s1. The minimum absolute atomic E-state index is 0.181. The maximum atomic E-state index is 13.1. The second-order valence-corrected chi connectivity index (χ2v) is 6.86. The number of rotatable bonds is 5. The molecule has 8 heteroatoms. The van der Waals surface area contributed by atoms with Crippen molar-refractivity contribution in [3.05, 3.63) is 52.4 Å². The summed E-state index contributed by atoms with van der Waals surface area (Å²) >= 11 is 1.20. The number of halogens is 4. The van der Waals surface area contributed by atoms with E-state index < -0.39 is 12.0 Å². The molecule has 3 aromatic rings. The molecule has 0 saturated heterocycles. The van der Waals surface area contributed by atoms with Gasteiger partial charge in [0.25, 0.3) is 0 Å². The zero-order valence-corrected chi connectivity index (χ0v) is 14.1. The van der Waals surface area contributed by atoms with Gasteiger partial charge in [0, 0.05) is 11.4 Å². The minimum Gasteiger partial charge on any atom is -0.369 e. The molecule has 1 N–H and O–H groups in total. The van der Waals surface area contributed by atoms with E-state index in [4.69, 9.17) is 0 Å². The number of fused-ring (bicyclic) bond motifs is 1. The fourth-order valence-corrected chi connectivity index (χ4v) is 3.37. The van der Waals surface area contributed by atoms with E-state index in [1.165, 1.54) is 23.5 Å². The molecule has 0 aliphatic rings. The van der Waals surface area contributed by atoms with Crippen LogP contribution in [0.3, 0.4) is 0 Å². The molecule has 0 spiro atoms. The molecule has 25 heavy (non-hydrogen) atoms. The van der Waals surface area contributed by atoms with E-state index in [-0.39, 0.29) is 11.6 Å². The Morgan fingerprint density at radius 2 is 1.96 bits per heavy atom. The molecule has 1 aromatic carbocycles. The van der Waals surface area contributed by atoms with Gasteiger partial charge in [-0.1, -0.05) is 12.1 Å². The summed E-state index contributed by atoms with van der Waals surface area (Å²) in [5, 5.41) is 3.54. The van der Waals surface area contributed by atoms with E-state index in [1.807, 2.05) is 13.0 Å². The van der Waals surface area contributed by atoms with E-state index in [9.17, 15) is 17.6 Å². The summed E-state index contributed by atoms with van der Waals surface area (Å²) in [5.74, 6) is -1.26. The summed E-state index contributed by atoms with van der Waals surface area (Å²) in [5.41, 5.74) is 0.844. The zero-order chi connectivity index (χ0) is 18.0. The number of hydrogen-bond acceptors (Lipinski definition) is 4. The highest BCUT2D eigenvalue weighted by molar-refractivity contribution is 7.18. The summed E-state index contributed by atoms with van der Waals surface area (Å²) in [7, 11) is 0. The molecule has 0 aliphatic heterocycles. The lowest BCUT2D eigenvalue weighted by Gasteiger charge is -2.10. The van der Waals surface area contributed by atoms with Crippen molar-refractivity contribution < 1.29 is 17.6 Å². The minimum atomic E-state index is -4.59. The van der Waals surface area contributed by atoms with Gasteiger partial charge in [0.15, 0.2) is 0 Å². The third-order valence-electron chi connectivity index (χ3n) is 3.59. The third-order valence-corrected chi connectivity index (χ3v) is 4.54. The molecule has 0 aliphatic carbocycles. The Kier molecular flexibility index (Phi) is 4.89. The Morgan fingerprint density at radius 3 is 2.68 bits per heavy atom. The van der Waals surface area contributed by atoms with Crippen LogP contribution >= 0.6 is 11.3 Å². The summed E-state index contributed by atoms with van der Waals surface area (Å²) in [6, 6.07) is 8.05. The molecule has 0 radical (unpaired) electrons. The van der Waals surface area contributed by atoms with Crippen LogP contribution < -0.4 is 5.32 Å². The number of alkyl halides is 3. The second kappa shape index (κ2) is 6.95. The molecule has 3 rings (SSSR count). The average Bonchev–Trinajstić information content (AvgIpc) is 2.91. The lowest BCUT2D eigenvalue weighted by molar-refractivity contribution is -0.144. The van der Waals surface area contributed by atoms with Crippen molar-refractivity contribution >= 4 is 27.4 Å². The Hall–Kier alpha value is -2.22. The van der Waals surface area contributed by atoms with E-state index in [0.717, 1.165) is 10.4 Å². The van der Waals surface area contributed by atoms with Crippen molar-refractivity contribution in [2.24, 2.45) is 0 Å². The molecule has 0 unspecified atom stereocenters. The van der Waals surface area contributed by atoms with Crippen molar-refractivity contribution in [2.75, 3.05) is 11.9 Å². The van der Waals surface area contributed by atoms with Gasteiger partial charge in [-0.25, -0.2) is 14.4 Å². The Labute approximate surface area is 145 Å². The van der Waals surface area contributed by atoms with Gasteiger partial charge in [-0.3, -0.25) is 0 Å². The van der Waals surface area contributed by atoms with Crippen LogP contribution in [-0.4, -0.2) is 16.5 Å². The van der Waals surface area contributed by atoms with Crippen LogP contribution in [0.15, 0.2) is 30.3 Å². The summed E-state index contributed by atoms with van der Waals surface area (Å²) in [4.78, 5) is 8.44. The number of aromatic nitrogens is 2. The van der Waals surface area contributed by atoms with E-state index >= 15 is 0 Å². The van der Waals surface area contributed by atoms with Gasteiger partial charge in [0.1, 0.15) is 16.5 Å². The summed E-state index contributed by atoms with van der Waals surface area (Å²) < 4.78 is 52.0. The molecule has 0 saturated carbocycles. The van der Waals surface area contributed by atoms with Crippen molar-refractivity contribution in [3.63, 3.8) is 0 Å². The first-order valence-electron chi connectivity index (χ1n) is 7.66. The predicted octanol–water partition coefficient (Wildman–Crippen LogP) is 5.20. The molecule has 0 atom stereocenters. The number of nitrogens with one attached hydrogen (secondary N) is 1. The molecular formula is C17H15F4N3S. The predicted molar refractivity (Wildman–Crippen MR) is 90.4 cm³/mol. The standard InChI is InChI=1S/C17H15F4N3S/c1-10-8-13-14(23-16(17(19,20)21)24-15(13)25-10)22-7-3-5-11-4-2-6-12(18)9-11/h2,4,6,8-9H,3,5,7H2,1H3,(H,22,23,24). The van der Waals surface area contributed by atoms with Gasteiger partial charge in [-0.2, -0.15) is 13.2 Å². The highest BCUT2D eigenvalue weighted by Gasteiger charge is 2.35. The Morgan fingerprint density at radius 1 is 1.16 bits per heavy atom. The number of hydrogen-bond donors (Lipinski definition) is 1. The smallest absolute Gasteiger partial charge is 0.369 e. The lowest BCUT2D eigenvalue weighted by atomic mass is 10.1. The van der Waals surface area contributed by atoms with Crippen molar-refractivity contribution in [1.82, 2.24) is 9.97 Å². The number of nitrogens with zero attached hydrogens (tertiary/aromatic N) is 2. The van der Waals surface area contributed by atoms with E-state index in [2.05, 4.69) is 15.3 Å². The number of anilines is 1. The Bertz CT molecular complexity index is 889. The quantitative estimate of drug-likeness (QED) is 0.496. The van der Waals surface area contributed by atoms with Crippen LogP contribution in [0.2, 0.25) is 0 Å². The van der Waals surface area contributed by atoms with Crippen LogP contribution in [0.4, 0.5) is 23.4 Å². The van der Waals surface area contributed by atoms with Crippen molar-refractivity contribution in [1.29, 1.82) is 0 Å². The molecule has 3 nitrogen and oxygen atoms in total. The second-order valence-electron chi connectivity index (χ2n) is 5.63. The first kappa shape index (κ1) is 17.6. The molecule has 0 fully saturated rings. The molecule has 0 bridgehead atoms. The van der Waals surface area contributed by atoms with Gasteiger partial charge < -0.3 is 5.32 Å². The normalized spacial score (nSPS) is 11.9. The van der Waals surface area contributed by atoms with Gasteiger partial charge >= 0.3 is 6.18 Å². The number of aryl methyl sites for hydroxylation is 2. The topological polar surface area (TPSA) is 37.8 Å². The zero-order valence-electron chi connectivity index (χ0n) is 13.3. The van der Waals surface area contributed by atoms with Crippen LogP contribution in [0, 0.1) is 12.7 Å². The number of benzene rings is 1. The van der Waals surface area contributed by atoms with Crippen LogP contribution in [-0.2, 0) is 12.6 Å². The van der Waals surface area contributed by atoms with Gasteiger partial charge in [-0.15, -0.1) is 11.3 Å². The monoisotopic (exact) mass is 369 g/mol. The largest absolute Gasteiger partial charge is 0.451 e. The number of thiophene rings is 1. The van der Waals surface area contributed by atoms with Gasteiger partial charge in [-0.05, 0) is 43.5 Å². The van der Waals surface area contributed by atoms with Gasteiger partial charge in [0.05, 0.1) is 5.39 Å². The van der Waals surface area contributed by atoms with Gasteiger partial charge in [0.2, 0.25) is 5.82 Å². The molecule has 132 valence electrons. The first-order valence-corrected chi connectivity index (χ1v) is 8.48. The first-order chi connectivity index (χ1) is 11.8. The van der Waals surface area contributed by atoms with Crippen LogP contribution in [0.25, 0.3) is 10.2 Å². The molecule has 2 heterocycles. The highest BCUT2D eigenvalue weighted by Crippen LogP contribution is 2.33. The molecular weight excluding hydrogens is 354 g/mol. The lowest BCUT2D eigenvalue weighted by Crippen LogP contribution is -2.13. The maximum absolute atomic E-state index is 13.1. The van der Waals surface area contributed by atoms with Crippen LogP contribution in [0.1, 0.15) is 22.7 Å². The third kappa shape index (κ3) is 4.25. The van der Waals surface area contributed by atoms with Crippen molar-refractivity contribution in [2.45, 2.75) is 25.9 Å². The Balaban J connectivity index is 1.74. The fraction of sp³-hybridized carbons (Fsp3) is 0.294.